The highest BCUT2D eigenvalue weighted by Crippen LogP contribution is 2.37. The summed E-state index contributed by atoms with van der Waals surface area (Å²) in [6, 6.07) is 9.63. The van der Waals surface area contributed by atoms with Crippen LogP contribution in [0.15, 0.2) is 47.1 Å². The van der Waals surface area contributed by atoms with Crippen LogP contribution in [0.2, 0.25) is 0 Å². The van der Waals surface area contributed by atoms with Gasteiger partial charge in [-0.2, -0.15) is 0 Å². The van der Waals surface area contributed by atoms with E-state index >= 15 is 0 Å². The van der Waals surface area contributed by atoms with E-state index in [1.54, 1.807) is 25.5 Å². The van der Waals surface area contributed by atoms with E-state index in [0.717, 1.165) is 17.0 Å². The smallest absolute Gasteiger partial charge is 0.347 e. The van der Waals surface area contributed by atoms with Crippen molar-refractivity contribution < 1.29 is 19.1 Å². The van der Waals surface area contributed by atoms with Gasteiger partial charge in [0.2, 0.25) is 5.88 Å². The van der Waals surface area contributed by atoms with Crippen molar-refractivity contribution in [1.82, 2.24) is 9.78 Å². The zero-order chi connectivity index (χ0) is 19.0. The molecule has 1 saturated heterocycles. The van der Waals surface area contributed by atoms with Crippen molar-refractivity contribution in [1.29, 1.82) is 0 Å². The summed E-state index contributed by atoms with van der Waals surface area (Å²) in [7, 11) is 1.53. The van der Waals surface area contributed by atoms with Gasteiger partial charge in [0, 0.05) is 0 Å². The molecule has 134 valence electrons. The van der Waals surface area contributed by atoms with E-state index in [1.165, 1.54) is 7.11 Å². The Morgan fingerprint density at radius 3 is 2.23 bits per heavy atom. The monoisotopic (exact) mass is 352 g/mol. The predicted octanol–water partition coefficient (Wildman–Crippen LogP) is 3.38. The SMILES string of the molecule is COc1nn(-c2ccccc2)c(C)c1C(C)=C1C(=O)OC(=O)C1=C(C)C. The molecule has 0 bridgehead atoms. The average Bonchev–Trinajstić information content (AvgIpc) is 3.11. The molecule has 3 rings (SSSR count). The third-order valence-corrected chi connectivity index (χ3v) is 4.37. The molecule has 0 aliphatic carbocycles. The lowest BCUT2D eigenvalue weighted by Gasteiger charge is -2.08. The summed E-state index contributed by atoms with van der Waals surface area (Å²) in [6.45, 7) is 7.23. The Hall–Kier alpha value is -3.15. The first-order chi connectivity index (χ1) is 12.4. The van der Waals surface area contributed by atoms with Crippen LogP contribution in [-0.4, -0.2) is 28.8 Å². The molecule has 0 radical (unpaired) electrons. The molecule has 26 heavy (non-hydrogen) atoms. The minimum atomic E-state index is -0.641. The second-order valence-electron chi connectivity index (χ2n) is 6.27. The second kappa shape index (κ2) is 6.63. The van der Waals surface area contributed by atoms with E-state index in [4.69, 9.17) is 9.47 Å². The van der Waals surface area contributed by atoms with Gasteiger partial charge in [-0.1, -0.05) is 23.8 Å². The minimum Gasteiger partial charge on any atom is -0.479 e. The highest BCUT2D eigenvalue weighted by Gasteiger charge is 2.37. The first-order valence-corrected chi connectivity index (χ1v) is 8.21. The number of rotatable bonds is 3. The Balaban J connectivity index is 2.27. The Labute approximate surface area is 151 Å². The van der Waals surface area contributed by atoms with Crippen molar-refractivity contribution in [3.8, 4) is 11.6 Å². The maximum Gasteiger partial charge on any atom is 0.347 e. The maximum atomic E-state index is 12.3. The molecular weight excluding hydrogens is 332 g/mol. The van der Waals surface area contributed by atoms with E-state index in [-0.39, 0.29) is 5.57 Å². The fourth-order valence-electron chi connectivity index (χ4n) is 3.18. The fourth-order valence-corrected chi connectivity index (χ4v) is 3.18. The number of methoxy groups -OCH3 is 1. The molecule has 0 N–H and O–H groups in total. The molecule has 0 spiro atoms. The fraction of sp³-hybridized carbons (Fsp3) is 0.250. The molecular formula is C20H20N2O4. The maximum absolute atomic E-state index is 12.3. The first kappa shape index (κ1) is 17.7. The molecule has 2 heterocycles. The summed E-state index contributed by atoms with van der Waals surface area (Å²) in [5, 5.41) is 4.51. The zero-order valence-electron chi connectivity index (χ0n) is 15.4. The number of aromatic nitrogens is 2. The highest BCUT2D eigenvalue weighted by atomic mass is 16.6. The molecule has 0 saturated carbocycles. The van der Waals surface area contributed by atoms with Crippen LogP contribution in [0.4, 0.5) is 0 Å². The van der Waals surface area contributed by atoms with Gasteiger partial charge in [-0.05, 0) is 45.4 Å². The van der Waals surface area contributed by atoms with Crippen molar-refractivity contribution in [2.45, 2.75) is 27.7 Å². The van der Waals surface area contributed by atoms with Crippen LogP contribution >= 0.6 is 0 Å². The second-order valence-corrected chi connectivity index (χ2v) is 6.27. The van der Waals surface area contributed by atoms with Gasteiger partial charge in [0.1, 0.15) is 0 Å². The van der Waals surface area contributed by atoms with Crippen LogP contribution in [-0.2, 0) is 14.3 Å². The number of nitrogens with zero attached hydrogens (tertiary/aromatic N) is 2. The summed E-state index contributed by atoms with van der Waals surface area (Å²) in [5.41, 5.74) is 4.26. The molecule has 1 aromatic heterocycles. The van der Waals surface area contributed by atoms with Gasteiger partial charge in [-0.3, -0.25) is 0 Å². The molecule has 2 aromatic rings. The van der Waals surface area contributed by atoms with Crippen LogP contribution in [0.1, 0.15) is 32.0 Å². The standard InChI is InChI=1S/C20H20N2O4/c1-11(2)15-17(20(24)26-19(15)23)12(3)16-13(4)22(21-18(16)25-5)14-9-7-6-8-10-14/h6-10H,1-5H3. The molecule has 1 fully saturated rings. The van der Waals surface area contributed by atoms with Gasteiger partial charge < -0.3 is 9.47 Å². The summed E-state index contributed by atoms with van der Waals surface area (Å²) < 4.78 is 12.0. The summed E-state index contributed by atoms with van der Waals surface area (Å²) in [6.07, 6.45) is 0. The van der Waals surface area contributed by atoms with Crippen LogP contribution < -0.4 is 4.74 Å². The van der Waals surface area contributed by atoms with Crippen molar-refractivity contribution in [3.63, 3.8) is 0 Å². The number of cyclic esters (lactones) is 2. The Bertz CT molecular complexity index is 961. The number of benzene rings is 1. The number of esters is 2. The van der Waals surface area contributed by atoms with E-state index < -0.39 is 11.9 Å². The molecule has 0 unspecified atom stereocenters. The number of para-hydroxylation sites is 1. The van der Waals surface area contributed by atoms with Gasteiger partial charge in [0.25, 0.3) is 0 Å². The lowest BCUT2D eigenvalue weighted by atomic mass is 9.95. The van der Waals surface area contributed by atoms with E-state index in [2.05, 4.69) is 5.10 Å². The van der Waals surface area contributed by atoms with E-state index in [0.29, 0.717) is 22.6 Å². The summed E-state index contributed by atoms with van der Waals surface area (Å²) >= 11 is 0. The average molecular weight is 352 g/mol. The topological polar surface area (TPSA) is 70.4 Å². The third-order valence-electron chi connectivity index (χ3n) is 4.37. The molecule has 0 atom stereocenters. The van der Waals surface area contributed by atoms with Crippen molar-refractivity contribution in [2.75, 3.05) is 7.11 Å². The van der Waals surface area contributed by atoms with Gasteiger partial charge in [0.05, 0.1) is 35.2 Å². The predicted molar refractivity (Wildman–Crippen MR) is 96.9 cm³/mol. The first-order valence-electron chi connectivity index (χ1n) is 8.21. The molecule has 6 nitrogen and oxygen atoms in total. The van der Waals surface area contributed by atoms with Crippen molar-refractivity contribution in [3.05, 3.63) is 58.3 Å². The number of carbonyl (C=O) groups excluding carboxylic acids is 2. The lowest BCUT2D eigenvalue weighted by molar-refractivity contribution is -0.149. The normalized spacial score (nSPS) is 16.0. The largest absolute Gasteiger partial charge is 0.479 e. The number of hydrogen-bond donors (Lipinski definition) is 0. The number of ether oxygens (including phenoxy) is 2. The quantitative estimate of drug-likeness (QED) is 0.481. The summed E-state index contributed by atoms with van der Waals surface area (Å²) in [5.74, 6) is -0.870. The molecule has 1 aliphatic rings. The van der Waals surface area contributed by atoms with Gasteiger partial charge in [-0.15, -0.1) is 5.10 Å². The van der Waals surface area contributed by atoms with Crippen molar-refractivity contribution in [2.24, 2.45) is 0 Å². The number of carbonyl (C=O) groups is 2. The highest BCUT2D eigenvalue weighted by molar-refractivity contribution is 6.22. The van der Waals surface area contributed by atoms with E-state index in [1.807, 2.05) is 37.3 Å². The van der Waals surface area contributed by atoms with Crippen LogP contribution in [0.25, 0.3) is 11.3 Å². The van der Waals surface area contributed by atoms with Gasteiger partial charge in [-0.25, -0.2) is 14.3 Å². The van der Waals surface area contributed by atoms with Crippen molar-refractivity contribution >= 4 is 17.5 Å². The van der Waals surface area contributed by atoms with Crippen LogP contribution in [0.3, 0.4) is 0 Å². The van der Waals surface area contributed by atoms with Crippen LogP contribution in [0, 0.1) is 6.92 Å². The Morgan fingerprint density at radius 2 is 1.65 bits per heavy atom. The Morgan fingerprint density at radius 1 is 1.04 bits per heavy atom. The van der Waals surface area contributed by atoms with Gasteiger partial charge >= 0.3 is 11.9 Å². The van der Waals surface area contributed by atoms with Crippen LogP contribution in [0.5, 0.6) is 5.88 Å². The van der Waals surface area contributed by atoms with E-state index in [9.17, 15) is 9.59 Å². The molecule has 1 aromatic carbocycles. The molecule has 1 aliphatic heterocycles. The summed E-state index contributed by atoms with van der Waals surface area (Å²) in [4.78, 5) is 24.4. The molecule has 0 amide bonds. The third kappa shape index (κ3) is 2.73. The zero-order valence-corrected chi connectivity index (χ0v) is 15.4. The number of allylic oxidation sites excluding steroid dienone is 2. The van der Waals surface area contributed by atoms with Gasteiger partial charge in [0.15, 0.2) is 0 Å². The minimum absolute atomic E-state index is 0.268. The molecule has 6 heteroatoms. The number of hydrogen-bond acceptors (Lipinski definition) is 5. The lowest BCUT2D eigenvalue weighted by Crippen LogP contribution is -2.02. The Kier molecular flexibility index (Phi) is 4.50.